The molecule has 0 radical (unpaired) electrons. The Kier molecular flexibility index (Phi) is 3.90. The molecule has 1 aromatic carbocycles. The molecule has 0 spiro atoms. The lowest BCUT2D eigenvalue weighted by molar-refractivity contribution is 0.163. The fraction of sp³-hybridized carbons (Fsp3) is 0.333. The minimum Gasteiger partial charge on any atom is -0.486 e. The zero-order valence-corrected chi connectivity index (χ0v) is 11.0. The summed E-state index contributed by atoms with van der Waals surface area (Å²) in [6.07, 6.45) is 2.73. The molecule has 0 bridgehead atoms. The first kappa shape index (κ1) is 13.0. The van der Waals surface area contributed by atoms with E-state index in [0.717, 1.165) is 16.9 Å². The van der Waals surface area contributed by atoms with Gasteiger partial charge >= 0.3 is 0 Å². The Bertz CT molecular complexity index is 553. The van der Waals surface area contributed by atoms with Crippen molar-refractivity contribution in [1.82, 2.24) is 5.32 Å². The van der Waals surface area contributed by atoms with Crippen molar-refractivity contribution in [1.29, 1.82) is 0 Å². The summed E-state index contributed by atoms with van der Waals surface area (Å²) in [5, 5.41) is 13.4. The number of aliphatic hydroxyl groups is 1. The highest BCUT2D eigenvalue weighted by atomic mass is 16.6. The molecule has 0 aliphatic carbocycles. The van der Waals surface area contributed by atoms with E-state index in [-0.39, 0.29) is 0 Å². The van der Waals surface area contributed by atoms with E-state index in [1.807, 2.05) is 24.3 Å². The Balaban J connectivity index is 1.57. The Morgan fingerprint density at radius 3 is 2.80 bits per heavy atom. The van der Waals surface area contributed by atoms with Crippen molar-refractivity contribution in [2.75, 3.05) is 19.8 Å². The van der Waals surface area contributed by atoms with Crippen molar-refractivity contribution in [2.45, 2.75) is 12.6 Å². The van der Waals surface area contributed by atoms with Gasteiger partial charge in [-0.3, -0.25) is 0 Å². The van der Waals surface area contributed by atoms with E-state index in [1.165, 1.54) is 0 Å². The summed E-state index contributed by atoms with van der Waals surface area (Å²) < 4.78 is 16.0. The smallest absolute Gasteiger partial charge is 0.161 e. The predicted octanol–water partition coefficient (Wildman–Crippen LogP) is 1.87. The first-order chi connectivity index (χ1) is 9.83. The van der Waals surface area contributed by atoms with E-state index in [4.69, 9.17) is 13.9 Å². The molecule has 1 atom stereocenters. The molecule has 3 rings (SSSR count). The molecular weight excluding hydrogens is 258 g/mol. The fourth-order valence-corrected chi connectivity index (χ4v) is 2.13. The number of aliphatic hydroxyl groups excluding tert-OH is 1. The molecular formula is C15H17NO4. The summed E-state index contributed by atoms with van der Waals surface area (Å²) in [4.78, 5) is 0. The van der Waals surface area contributed by atoms with E-state index in [9.17, 15) is 5.11 Å². The van der Waals surface area contributed by atoms with Crippen LogP contribution < -0.4 is 14.8 Å². The number of hydrogen-bond donors (Lipinski definition) is 2. The van der Waals surface area contributed by atoms with Crippen molar-refractivity contribution >= 4 is 0 Å². The van der Waals surface area contributed by atoms with Crippen LogP contribution >= 0.6 is 0 Å². The third-order valence-electron chi connectivity index (χ3n) is 3.20. The number of benzene rings is 1. The SMILES string of the molecule is OC(CNCc1ccoc1)c1ccc2c(c1)OCCO2. The van der Waals surface area contributed by atoms with Gasteiger partial charge in [-0.1, -0.05) is 6.07 Å². The summed E-state index contributed by atoms with van der Waals surface area (Å²) in [5.41, 5.74) is 1.87. The molecule has 0 amide bonds. The van der Waals surface area contributed by atoms with Crippen LogP contribution in [0.15, 0.2) is 41.2 Å². The molecule has 1 aliphatic rings. The molecule has 5 nitrogen and oxygen atoms in total. The average molecular weight is 275 g/mol. The van der Waals surface area contributed by atoms with Gasteiger partial charge in [0.15, 0.2) is 11.5 Å². The van der Waals surface area contributed by atoms with Gasteiger partial charge in [0.05, 0.1) is 18.6 Å². The van der Waals surface area contributed by atoms with Gasteiger partial charge in [-0.15, -0.1) is 0 Å². The third-order valence-corrected chi connectivity index (χ3v) is 3.20. The van der Waals surface area contributed by atoms with E-state index in [2.05, 4.69) is 5.32 Å². The first-order valence-corrected chi connectivity index (χ1v) is 6.62. The molecule has 5 heteroatoms. The van der Waals surface area contributed by atoms with Gasteiger partial charge in [0, 0.05) is 18.7 Å². The molecule has 1 aromatic heterocycles. The maximum absolute atomic E-state index is 10.2. The van der Waals surface area contributed by atoms with Crippen molar-refractivity contribution in [3.8, 4) is 11.5 Å². The molecule has 1 unspecified atom stereocenters. The monoisotopic (exact) mass is 275 g/mol. The lowest BCUT2D eigenvalue weighted by atomic mass is 10.1. The Morgan fingerprint density at radius 1 is 1.15 bits per heavy atom. The summed E-state index contributed by atoms with van der Waals surface area (Å²) in [7, 11) is 0. The molecule has 2 N–H and O–H groups in total. The summed E-state index contributed by atoms with van der Waals surface area (Å²) in [5.74, 6) is 1.43. The topological polar surface area (TPSA) is 63.9 Å². The Labute approximate surface area is 117 Å². The second-order valence-corrected chi connectivity index (χ2v) is 4.68. The minimum atomic E-state index is -0.585. The number of nitrogens with one attached hydrogen (secondary N) is 1. The van der Waals surface area contributed by atoms with Crippen molar-refractivity contribution < 1.29 is 19.0 Å². The second kappa shape index (κ2) is 5.98. The standard InChI is InChI=1S/C15H17NO4/c17-13(9-16-8-11-3-4-18-10-11)12-1-2-14-15(7-12)20-6-5-19-14/h1-4,7,10,13,16-17H,5-6,8-9H2. The van der Waals surface area contributed by atoms with Gasteiger partial charge in [0.2, 0.25) is 0 Å². The van der Waals surface area contributed by atoms with Crippen molar-refractivity contribution in [3.63, 3.8) is 0 Å². The fourth-order valence-electron chi connectivity index (χ4n) is 2.13. The third kappa shape index (κ3) is 2.95. The molecule has 0 saturated heterocycles. The number of rotatable bonds is 5. The van der Waals surface area contributed by atoms with E-state index in [0.29, 0.717) is 32.1 Å². The molecule has 20 heavy (non-hydrogen) atoms. The largest absolute Gasteiger partial charge is 0.486 e. The van der Waals surface area contributed by atoms with Gasteiger partial charge in [-0.2, -0.15) is 0 Å². The first-order valence-electron chi connectivity index (χ1n) is 6.62. The molecule has 0 fully saturated rings. The second-order valence-electron chi connectivity index (χ2n) is 4.68. The zero-order chi connectivity index (χ0) is 13.8. The maximum atomic E-state index is 10.2. The Morgan fingerprint density at radius 2 is 2.00 bits per heavy atom. The van der Waals surface area contributed by atoms with Gasteiger partial charge in [0.25, 0.3) is 0 Å². The number of ether oxygens (including phenoxy) is 2. The van der Waals surface area contributed by atoms with Crippen LogP contribution in [0.5, 0.6) is 11.5 Å². The van der Waals surface area contributed by atoms with Crippen LogP contribution in [-0.4, -0.2) is 24.9 Å². The van der Waals surface area contributed by atoms with E-state index in [1.54, 1.807) is 12.5 Å². The highest BCUT2D eigenvalue weighted by Crippen LogP contribution is 2.32. The minimum absolute atomic E-state index is 0.463. The number of furan rings is 1. The highest BCUT2D eigenvalue weighted by molar-refractivity contribution is 5.44. The van der Waals surface area contributed by atoms with Crippen LogP contribution in [0.4, 0.5) is 0 Å². The number of fused-ring (bicyclic) bond motifs is 1. The predicted molar refractivity (Wildman–Crippen MR) is 72.8 cm³/mol. The van der Waals surface area contributed by atoms with Crippen molar-refractivity contribution in [3.05, 3.63) is 47.9 Å². The Hall–Kier alpha value is -1.98. The molecule has 0 saturated carbocycles. The zero-order valence-electron chi connectivity index (χ0n) is 11.0. The lowest BCUT2D eigenvalue weighted by Crippen LogP contribution is -2.21. The number of hydrogen-bond acceptors (Lipinski definition) is 5. The summed E-state index contributed by atoms with van der Waals surface area (Å²) >= 11 is 0. The molecule has 106 valence electrons. The van der Waals surface area contributed by atoms with E-state index >= 15 is 0 Å². The van der Waals surface area contributed by atoms with Crippen LogP contribution in [0.3, 0.4) is 0 Å². The summed E-state index contributed by atoms with van der Waals surface area (Å²) in [6, 6.07) is 7.42. The molecule has 1 aliphatic heterocycles. The van der Waals surface area contributed by atoms with Gasteiger partial charge in [-0.05, 0) is 23.8 Å². The highest BCUT2D eigenvalue weighted by Gasteiger charge is 2.15. The summed E-state index contributed by atoms with van der Waals surface area (Å²) in [6.45, 7) is 2.25. The van der Waals surface area contributed by atoms with Crippen LogP contribution in [0.25, 0.3) is 0 Å². The van der Waals surface area contributed by atoms with Crippen molar-refractivity contribution in [2.24, 2.45) is 0 Å². The molecule has 2 heterocycles. The normalized spacial score (nSPS) is 15.1. The van der Waals surface area contributed by atoms with E-state index < -0.39 is 6.10 Å². The quantitative estimate of drug-likeness (QED) is 0.872. The van der Waals surface area contributed by atoms with Crippen LogP contribution in [0, 0.1) is 0 Å². The molecule has 2 aromatic rings. The maximum Gasteiger partial charge on any atom is 0.161 e. The van der Waals surface area contributed by atoms with Gasteiger partial charge in [0.1, 0.15) is 13.2 Å². The van der Waals surface area contributed by atoms with Crippen LogP contribution in [0.2, 0.25) is 0 Å². The van der Waals surface area contributed by atoms with Crippen LogP contribution in [0.1, 0.15) is 17.2 Å². The van der Waals surface area contributed by atoms with Gasteiger partial charge < -0.3 is 24.3 Å². The average Bonchev–Trinajstić information content (AvgIpc) is 3.00. The lowest BCUT2D eigenvalue weighted by Gasteiger charge is -2.20. The van der Waals surface area contributed by atoms with Crippen LogP contribution in [-0.2, 0) is 6.54 Å². The van der Waals surface area contributed by atoms with Gasteiger partial charge in [-0.25, -0.2) is 0 Å².